The summed E-state index contributed by atoms with van der Waals surface area (Å²) in [4.78, 5) is 29.9. The Kier molecular flexibility index (Phi) is 22.0. The van der Waals surface area contributed by atoms with Gasteiger partial charge in [0, 0.05) is 45.9 Å². The number of nitrogens with two attached hydrogens (primary N) is 1. The summed E-state index contributed by atoms with van der Waals surface area (Å²) in [6.45, 7) is 4.52. The average Bonchev–Trinajstić information content (AvgIpc) is 3.35. The maximum atomic E-state index is 15.1. The molecule has 2 rings (SSSR count). The van der Waals surface area contributed by atoms with Gasteiger partial charge in [-0.1, -0.05) is 79.8 Å². The summed E-state index contributed by atoms with van der Waals surface area (Å²) >= 11 is 0. The number of halogens is 1. The quantitative estimate of drug-likeness (QED) is 0.0675. The number of hydrogen-bond acceptors (Lipinski definition) is 10. The van der Waals surface area contributed by atoms with Crippen molar-refractivity contribution in [3.8, 4) is 0 Å². The minimum absolute atomic E-state index is 0.0337. The van der Waals surface area contributed by atoms with E-state index in [-0.39, 0.29) is 18.3 Å². The van der Waals surface area contributed by atoms with Gasteiger partial charge in [0.25, 0.3) is 0 Å². The molecule has 1 unspecified atom stereocenters. The number of carbonyl (C=O) groups excluding carboxylic acids is 1. The molecule has 1 aliphatic heterocycles. The first-order valence-electron chi connectivity index (χ1n) is 18.2. The van der Waals surface area contributed by atoms with Crippen molar-refractivity contribution < 1.29 is 32.6 Å². The molecule has 53 heavy (non-hydrogen) atoms. The minimum Gasteiger partial charge on any atom is -0.384 e. The van der Waals surface area contributed by atoms with Gasteiger partial charge in [0.15, 0.2) is 12.4 Å². The predicted molar refractivity (Wildman–Crippen MR) is 209 cm³/mol. The molecule has 2 heterocycles. The Labute approximate surface area is 314 Å². The Balaban J connectivity index is 1.56. The number of rotatable bonds is 26. The molecule has 1 aromatic heterocycles. The molecule has 296 valence electrons. The van der Waals surface area contributed by atoms with Crippen molar-refractivity contribution in [2.45, 2.75) is 89.3 Å². The van der Waals surface area contributed by atoms with Gasteiger partial charge < -0.3 is 30.3 Å². The molecule has 0 radical (unpaired) electrons. The van der Waals surface area contributed by atoms with Gasteiger partial charge in [0.05, 0.1) is 6.61 Å². The van der Waals surface area contributed by atoms with Crippen LogP contribution in [0.15, 0.2) is 90.0 Å². The van der Waals surface area contributed by atoms with Gasteiger partial charge in [0.1, 0.15) is 17.5 Å². The number of hydrogen-bond donors (Lipinski definition) is 4. The van der Waals surface area contributed by atoms with Crippen LogP contribution in [-0.2, 0) is 23.1 Å². The highest BCUT2D eigenvalue weighted by atomic mass is 31.2. The minimum atomic E-state index is -3.85. The zero-order chi connectivity index (χ0) is 39.0. The molecule has 1 saturated heterocycles. The van der Waals surface area contributed by atoms with Crippen molar-refractivity contribution in [3.05, 3.63) is 95.7 Å². The van der Waals surface area contributed by atoms with E-state index in [4.69, 9.17) is 19.5 Å². The number of alkyl halides is 1. The van der Waals surface area contributed by atoms with E-state index in [1.54, 1.807) is 0 Å². The molecule has 15 heteroatoms. The van der Waals surface area contributed by atoms with Crippen LogP contribution in [0.5, 0.6) is 0 Å². The van der Waals surface area contributed by atoms with Gasteiger partial charge in [0.2, 0.25) is 5.91 Å². The van der Waals surface area contributed by atoms with Gasteiger partial charge in [-0.15, -0.1) is 0 Å². The van der Waals surface area contributed by atoms with E-state index in [9.17, 15) is 19.3 Å². The highest BCUT2D eigenvalue weighted by Crippen LogP contribution is 2.45. The van der Waals surface area contributed by atoms with Crippen LogP contribution >= 0.6 is 7.75 Å². The SMILES string of the molecule is CC/C=C\C/C=C\C/C=C\C/C=C\C/C=C\C/C=C\CCC(=O)NCCN(C)CCNP(=O)(OC)OC[C@H]1O[C@@H](n2ccc(N)nc2=O)[C@H](F)[C@]1(C)O. The van der Waals surface area contributed by atoms with Crippen molar-refractivity contribution in [1.82, 2.24) is 24.9 Å². The summed E-state index contributed by atoms with van der Waals surface area (Å²) in [7, 11) is -0.804. The summed E-state index contributed by atoms with van der Waals surface area (Å²) in [6, 6.07) is 1.30. The Morgan fingerprint density at radius 2 is 1.58 bits per heavy atom. The highest BCUT2D eigenvalue weighted by Gasteiger charge is 2.55. The summed E-state index contributed by atoms with van der Waals surface area (Å²) in [5, 5.41) is 16.4. The number of ether oxygens (including phenoxy) is 1. The van der Waals surface area contributed by atoms with E-state index in [1.165, 1.54) is 26.3 Å². The first-order chi connectivity index (χ1) is 25.4. The fourth-order valence-corrected chi connectivity index (χ4v) is 6.05. The second-order valence-electron chi connectivity index (χ2n) is 12.7. The molecular weight excluding hydrogens is 702 g/mol. The van der Waals surface area contributed by atoms with Crippen LogP contribution in [0.2, 0.25) is 0 Å². The number of nitrogen functional groups attached to an aromatic ring is 1. The predicted octanol–water partition coefficient (Wildman–Crippen LogP) is 5.70. The number of aliphatic hydroxyl groups is 1. The van der Waals surface area contributed by atoms with Crippen LogP contribution in [0.25, 0.3) is 0 Å². The molecule has 1 aliphatic rings. The topological polar surface area (TPSA) is 170 Å². The Bertz CT molecular complexity index is 1510. The van der Waals surface area contributed by atoms with E-state index in [2.05, 4.69) is 89.1 Å². The van der Waals surface area contributed by atoms with Crippen molar-refractivity contribution in [2.24, 2.45) is 0 Å². The normalized spacial score (nSPS) is 22.2. The van der Waals surface area contributed by atoms with Crippen LogP contribution in [0.4, 0.5) is 10.2 Å². The number of amides is 1. The largest absolute Gasteiger partial charge is 0.405 e. The lowest BCUT2D eigenvalue weighted by molar-refractivity contribution is -0.121. The smallest absolute Gasteiger partial charge is 0.384 e. The molecule has 1 amide bonds. The first kappa shape index (κ1) is 45.7. The molecule has 1 aromatic rings. The fourth-order valence-electron chi connectivity index (χ4n) is 5.02. The van der Waals surface area contributed by atoms with E-state index in [0.29, 0.717) is 32.5 Å². The lowest BCUT2D eigenvalue weighted by atomic mass is 9.96. The van der Waals surface area contributed by atoms with Crippen molar-refractivity contribution in [2.75, 3.05) is 52.7 Å². The Hall–Kier alpha value is -3.49. The molecule has 0 spiro atoms. The summed E-state index contributed by atoms with van der Waals surface area (Å²) in [5.74, 6) is -0.0740. The van der Waals surface area contributed by atoms with E-state index in [1.807, 2.05) is 18.0 Å². The van der Waals surface area contributed by atoms with Crippen LogP contribution in [0.1, 0.15) is 71.4 Å². The zero-order valence-electron chi connectivity index (χ0n) is 31.6. The van der Waals surface area contributed by atoms with Crippen molar-refractivity contribution in [3.63, 3.8) is 0 Å². The number of nitrogens with one attached hydrogen (secondary N) is 2. The zero-order valence-corrected chi connectivity index (χ0v) is 32.5. The number of anilines is 1. The summed E-state index contributed by atoms with van der Waals surface area (Å²) in [5.41, 5.74) is 2.59. The van der Waals surface area contributed by atoms with Crippen LogP contribution < -0.4 is 21.8 Å². The second-order valence-corrected chi connectivity index (χ2v) is 14.6. The second kappa shape index (κ2) is 25.5. The van der Waals surface area contributed by atoms with Gasteiger partial charge in [-0.2, -0.15) is 4.98 Å². The lowest BCUT2D eigenvalue weighted by Crippen LogP contribution is -2.45. The van der Waals surface area contributed by atoms with Crippen LogP contribution in [0.3, 0.4) is 0 Å². The van der Waals surface area contributed by atoms with Gasteiger partial charge in [-0.25, -0.2) is 18.8 Å². The molecule has 0 bridgehead atoms. The summed E-state index contributed by atoms with van der Waals surface area (Å²) in [6.07, 6.45) is 29.0. The maximum Gasteiger partial charge on any atom is 0.405 e. The summed E-state index contributed by atoms with van der Waals surface area (Å²) < 4.78 is 45.2. The standard InChI is InChI=1S/C38H60FN6O7P/c1-5-6-7-8-9-10-11-12-13-14-15-16-17-18-19-20-21-22-23-24-34(46)41-26-29-44(3)30-27-42-53(49,50-4)51-31-32-38(2,48)35(39)36(52-32)45-28-25-33(40)43-37(45)47/h6-7,9-10,12-13,15-16,18-19,21-22,25,28,32,35-36,48H,5,8,11,14,17,20,23-24,26-27,29-31H2,1-4H3,(H,41,46)(H,42,49)(H2,40,43,47)/b7-6-,10-9-,13-12-,16-15-,19-18-,22-21-/t32-,35+,36-,38-,53?/m1/s1. The third-order valence-corrected chi connectivity index (χ3v) is 9.86. The van der Waals surface area contributed by atoms with E-state index < -0.39 is 44.1 Å². The number of carbonyl (C=O) groups is 1. The average molecular weight is 763 g/mol. The van der Waals surface area contributed by atoms with Crippen molar-refractivity contribution in [1.29, 1.82) is 0 Å². The Morgan fingerprint density at radius 1 is 1.04 bits per heavy atom. The third kappa shape index (κ3) is 17.9. The Morgan fingerprint density at radius 3 is 2.13 bits per heavy atom. The van der Waals surface area contributed by atoms with Gasteiger partial charge in [-0.3, -0.25) is 13.9 Å². The molecule has 5 atom stereocenters. The van der Waals surface area contributed by atoms with E-state index in [0.717, 1.165) is 43.1 Å². The number of aromatic nitrogens is 2. The monoisotopic (exact) mass is 762 g/mol. The molecule has 0 aromatic carbocycles. The first-order valence-corrected chi connectivity index (χ1v) is 19.7. The molecular formula is C38H60FN6O7P. The van der Waals surface area contributed by atoms with E-state index >= 15 is 4.39 Å². The van der Waals surface area contributed by atoms with Gasteiger partial charge in [-0.05, 0) is 65.0 Å². The third-order valence-electron chi connectivity index (χ3n) is 8.28. The number of likely N-dealkylation sites (N-methyl/N-ethyl adjacent to an activating group) is 1. The number of allylic oxidation sites excluding steroid dienone is 12. The van der Waals surface area contributed by atoms with Gasteiger partial charge >= 0.3 is 13.4 Å². The molecule has 0 saturated carbocycles. The van der Waals surface area contributed by atoms with Crippen LogP contribution in [0, 0.1) is 0 Å². The number of nitrogens with zero attached hydrogens (tertiary/aromatic N) is 3. The molecule has 13 nitrogen and oxygen atoms in total. The highest BCUT2D eigenvalue weighted by molar-refractivity contribution is 7.51. The van der Waals surface area contributed by atoms with Crippen LogP contribution in [-0.4, -0.2) is 90.3 Å². The molecule has 5 N–H and O–H groups in total. The molecule has 0 aliphatic carbocycles. The fraction of sp³-hybridized carbons (Fsp3) is 0.553. The molecule has 1 fully saturated rings. The lowest BCUT2D eigenvalue weighted by Gasteiger charge is -2.26. The maximum absolute atomic E-state index is 15.1. The van der Waals surface area contributed by atoms with Crippen molar-refractivity contribution >= 4 is 19.5 Å².